The zero-order valence-corrected chi connectivity index (χ0v) is 19.1. The van der Waals surface area contributed by atoms with Gasteiger partial charge in [0.15, 0.2) is 11.5 Å². The fourth-order valence-electron chi connectivity index (χ4n) is 4.21. The van der Waals surface area contributed by atoms with Gasteiger partial charge in [0.05, 0.1) is 30.3 Å². The van der Waals surface area contributed by atoms with Gasteiger partial charge in [-0.25, -0.2) is 13.8 Å². The lowest BCUT2D eigenvalue weighted by Crippen LogP contribution is -2.16. The predicted molar refractivity (Wildman–Crippen MR) is 128 cm³/mol. The molecule has 0 aliphatic carbocycles. The van der Waals surface area contributed by atoms with E-state index in [0.29, 0.717) is 58.4 Å². The van der Waals surface area contributed by atoms with E-state index in [0.717, 1.165) is 31.1 Å². The van der Waals surface area contributed by atoms with Crippen molar-refractivity contribution in [1.29, 1.82) is 0 Å². The van der Waals surface area contributed by atoms with Crippen molar-refractivity contribution in [3.8, 4) is 22.8 Å². The number of H-pyrrole nitrogens is 1. The molecule has 0 spiro atoms. The third-order valence-corrected chi connectivity index (χ3v) is 6.03. The highest BCUT2D eigenvalue weighted by atomic mass is 19.1. The molecule has 4 aromatic rings. The molecule has 2 N–H and O–H groups in total. The molecular formula is C26H24F2N4O3. The number of hydrogen-bond acceptors (Lipinski definition) is 6. The summed E-state index contributed by atoms with van der Waals surface area (Å²) in [5.41, 5.74) is 1.80. The largest absolute Gasteiger partial charge is 0.493 e. The maximum Gasteiger partial charge on any atom is 0.258 e. The molecule has 0 saturated carbocycles. The lowest BCUT2D eigenvalue weighted by molar-refractivity contribution is 0.248. The van der Waals surface area contributed by atoms with E-state index in [-0.39, 0.29) is 5.56 Å². The molecule has 1 unspecified atom stereocenters. The van der Waals surface area contributed by atoms with Crippen molar-refractivity contribution in [3.05, 3.63) is 82.0 Å². The number of rotatable bonds is 7. The van der Waals surface area contributed by atoms with Crippen LogP contribution in [0.2, 0.25) is 0 Å². The van der Waals surface area contributed by atoms with Crippen molar-refractivity contribution in [2.75, 3.05) is 26.8 Å². The number of fused-ring (bicyclic) bond motifs is 1. The minimum atomic E-state index is -0.663. The lowest BCUT2D eigenvalue weighted by atomic mass is 10.1. The number of halogens is 2. The van der Waals surface area contributed by atoms with Gasteiger partial charge in [0.2, 0.25) is 0 Å². The number of ether oxygens (including phenoxy) is 2. The summed E-state index contributed by atoms with van der Waals surface area (Å²) in [6, 6.07) is 10.1. The second-order valence-corrected chi connectivity index (χ2v) is 8.59. The van der Waals surface area contributed by atoms with Crippen molar-refractivity contribution in [2.24, 2.45) is 5.92 Å². The van der Waals surface area contributed by atoms with Gasteiger partial charge < -0.3 is 19.8 Å². The van der Waals surface area contributed by atoms with E-state index in [9.17, 15) is 13.6 Å². The van der Waals surface area contributed by atoms with E-state index < -0.39 is 11.6 Å². The van der Waals surface area contributed by atoms with E-state index in [1.807, 2.05) is 0 Å². The third-order valence-electron chi connectivity index (χ3n) is 6.03. The van der Waals surface area contributed by atoms with Crippen LogP contribution in [-0.2, 0) is 6.42 Å². The zero-order chi connectivity index (χ0) is 24.4. The predicted octanol–water partition coefficient (Wildman–Crippen LogP) is 3.85. The van der Waals surface area contributed by atoms with Gasteiger partial charge in [-0.15, -0.1) is 0 Å². The molecule has 5 rings (SSSR count). The average molecular weight is 478 g/mol. The number of benzene rings is 2. The number of aromatic amines is 1. The van der Waals surface area contributed by atoms with Gasteiger partial charge in [0, 0.05) is 42.8 Å². The maximum absolute atomic E-state index is 13.5. The van der Waals surface area contributed by atoms with Gasteiger partial charge in [-0.1, -0.05) is 6.07 Å². The van der Waals surface area contributed by atoms with Crippen LogP contribution in [0, 0.1) is 17.6 Å². The van der Waals surface area contributed by atoms with Gasteiger partial charge in [0.25, 0.3) is 5.56 Å². The molecule has 35 heavy (non-hydrogen) atoms. The fourth-order valence-corrected chi connectivity index (χ4v) is 4.21. The second-order valence-electron chi connectivity index (χ2n) is 8.59. The quantitative estimate of drug-likeness (QED) is 0.420. The van der Waals surface area contributed by atoms with E-state index in [2.05, 4.69) is 20.3 Å². The Labute approximate surface area is 200 Å². The zero-order valence-electron chi connectivity index (χ0n) is 19.1. The van der Waals surface area contributed by atoms with Crippen LogP contribution in [0.15, 0.2) is 53.5 Å². The van der Waals surface area contributed by atoms with Crippen LogP contribution in [0.25, 0.3) is 22.2 Å². The van der Waals surface area contributed by atoms with Gasteiger partial charge >= 0.3 is 0 Å². The highest BCUT2D eigenvalue weighted by molar-refractivity contribution is 5.81. The van der Waals surface area contributed by atoms with Crippen molar-refractivity contribution in [3.63, 3.8) is 0 Å². The van der Waals surface area contributed by atoms with E-state index in [4.69, 9.17) is 9.47 Å². The standard InChI is InChI=1S/C26H24F2N4O3/c1-34-23-10-20-22(11-24(23)35-14-16-4-5-29-12-16)31-25(32-26(20)33)6-15-2-3-21(30-13-15)17-7-18(27)9-19(28)8-17/h2-3,7-11,13,16,29H,4-6,12,14H2,1H3,(H,31,32,33). The van der Waals surface area contributed by atoms with Crippen molar-refractivity contribution in [2.45, 2.75) is 12.8 Å². The fraction of sp³-hybridized carbons (Fsp3) is 0.269. The first-order valence-corrected chi connectivity index (χ1v) is 11.3. The molecule has 3 heterocycles. The van der Waals surface area contributed by atoms with Crippen LogP contribution in [0.5, 0.6) is 11.5 Å². The average Bonchev–Trinajstić information content (AvgIpc) is 3.36. The summed E-state index contributed by atoms with van der Waals surface area (Å²) in [5, 5.41) is 3.72. The summed E-state index contributed by atoms with van der Waals surface area (Å²) in [6.07, 6.45) is 2.98. The molecular weight excluding hydrogens is 454 g/mol. The molecule has 9 heteroatoms. The Hall–Kier alpha value is -3.85. The first kappa shape index (κ1) is 22.9. The Morgan fingerprint density at radius 1 is 1.09 bits per heavy atom. The second kappa shape index (κ2) is 9.79. The maximum atomic E-state index is 13.5. The summed E-state index contributed by atoms with van der Waals surface area (Å²) in [6.45, 7) is 2.45. The van der Waals surface area contributed by atoms with Gasteiger partial charge in [-0.2, -0.15) is 0 Å². The van der Waals surface area contributed by atoms with Crippen molar-refractivity contribution >= 4 is 10.9 Å². The Bertz CT molecular complexity index is 1400. The molecule has 0 radical (unpaired) electrons. The Kier molecular flexibility index (Phi) is 6.41. The number of hydrogen-bond donors (Lipinski definition) is 2. The molecule has 1 fully saturated rings. The highest BCUT2D eigenvalue weighted by Gasteiger charge is 2.17. The van der Waals surface area contributed by atoms with E-state index >= 15 is 0 Å². The molecule has 1 atom stereocenters. The summed E-state index contributed by atoms with van der Waals surface area (Å²) in [5.74, 6) is 0.594. The SMILES string of the molecule is COc1cc2c(=O)[nH]c(Cc3ccc(-c4cc(F)cc(F)c4)nc3)nc2cc1OCC1CCNC1. The molecule has 1 aliphatic rings. The Morgan fingerprint density at radius 2 is 1.91 bits per heavy atom. The summed E-state index contributed by atoms with van der Waals surface area (Å²) in [4.78, 5) is 24.5. The topological polar surface area (TPSA) is 89.1 Å². The van der Waals surface area contributed by atoms with Crippen LogP contribution >= 0.6 is 0 Å². The Morgan fingerprint density at radius 3 is 2.60 bits per heavy atom. The Balaban J connectivity index is 1.39. The van der Waals surface area contributed by atoms with E-state index in [1.54, 1.807) is 30.5 Å². The van der Waals surface area contributed by atoms with Gasteiger partial charge in [0.1, 0.15) is 17.5 Å². The number of nitrogens with one attached hydrogen (secondary N) is 2. The molecule has 1 aliphatic heterocycles. The normalized spacial score (nSPS) is 15.5. The van der Waals surface area contributed by atoms with Crippen LogP contribution in [0.1, 0.15) is 17.8 Å². The number of methoxy groups -OCH3 is 1. The smallest absolute Gasteiger partial charge is 0.258 e. The van der Waals surface area contributed by atoms with Gasteiger partial charge in [-0.05, 0) is 42.8 Å². The van der Waals surface area contributed by atoms with E-state index in [1.165, 1.54) is 19.2 Å². The first-order valence-electron chi connectivity index (χ1n) is 11.3. The van der Waals surface area contributed by atoms with Crippen LogP contribution in [-0.4, -0.2) is 41.8 Å². The summed E-state index contributed by atoms with van der Waals surface area (Å²) >= 11 is 0. The number of pyridine rings is 1. The number of nitrogens with zero attached hydrogens (tertiary/aromatic N) is 2. The third kappa shape index (κ3) is 5.14. The number of aromatic nitrogens is 3. The molecule has 180 valence electrons. The molecule has 0 bridgehead atoms. The van der Waals surface area contributed by atoms with Crippen LogP contribution in [0.3, 0.4) is 0 Å². The molecule has 0 amide bonds. The minimum Gasteiger partial charge on any atom is -0.493 e. The summed E-state index contributed by atoms with van der Waals surface area (Å²) in [7, 11) is 1.54. The lowest BCUT2D eigenvalue weighted by Gasteiger charge is -2.14. The molecule has 2 aromatic heterocycles. The molecule has 1 saturated heterocycles. The monoisotopic (exact) mass is 478 g/mol. The van der Waals surface area contributed by atoms with Gasteiger partial charge in [-0.3, -0.25) is 9.78 Å². The summed E-state index contributed by atoms with van der Waals surface area (Å²) < 4.78 is 38.5. The molecule has 2 aromatic carbocycles. The van der Waals surface area contributed by atoms with Crippen molar-refractivity contribution in [1.82, 2.24) is 20.3 Å². The highest BCUT2D eigenvalue weighted by Crippen LogP contribution is 2.31. The van der Waals surface area contributed by atoms with Crippen LogP contribution < -0.4 is 20.3 Å². The molecule has 7 nitrogen and oxygen atoms in total. The van der Waals surface area contributed by atoms with Crippen LogP contribution in [0.4, 0.5) is 8.78 Å². The first-order chi connectivity index (χ1) is 17.0. The minimum absolute atomic E-state index is 0.283. The van der Waals surface area contributed by atoms with Crippen molar-refractivity contribution < 1.29 is 18.3 Å².